The van der Waals surface area contributed by atoms with E-state index in [2.05, 4.69) is 43.1 Å². The number of fused-ring (bicyclic) bond motifs is 1. The standard InChI is InChI=1S/C21H21N3OS3/c1-3-4-10-28(25)21-18(22)17-15(14-7-5-6-13(2)11-14)12-16(24-20(17)27-21)19-23-8-9-26-19/h5-9,11-12H,3-4,10,22H2,1-2H3. The molecule has 0 aliphatic heterocycles. The molecule has 0 saturated carbocycles. The molecule has 1 unspecified atom stereocenters. The van der Waals surface area contributed by atoms with Gasteiger partial charge in [-0.3, -0.25) is 4.21 Å². The third-order valence-electron chi connectivity index (χ3n) is 4.54. The van der Waals surface area contributed by atoms with Gasteiger partial charge < -0.3 is 5.73 Å². The Balaban J connectivity index is 1.96. The van der Waals surface area contributed by atoms with Gasteiger partial charge in [-0.25, -0.2) is 9.97 Å². The van der Waals surface area contributed by atoms with Crippen LogP contribution in [-0.4, -0.2) is 19.9 Å². The molecule has 144 valence electrons. The van der Waals surface area contributed by atoms with Crippen molar-refractivity contribution in [3.05, 3.63) is 47.5 Å². The van der Waals surface area contributed by atoms with Crippen molar-refractivity contribution in [1.82, 2.24) is 9.97 Å². The van der Waals surface area contributed by atoms with Crippen LogP contribution >= 0.6 is 22.7 Å². The largest absolute Gasteiger partial charge is 0.396 e. The number of hydrogen-bond acceptors (Lipinski definition) is 6. The van der Waals surface area contributed by atoms with E-state index < -0.39 is 10.8 Å². The molecule has 0 spiro atoms. The average Bonchev–Trinajstić information content (AvgIpc) is 3.34. The number of aromatic nitrogens is 2. The van der Waals surface area contributed by atoms with Gasteiger partial charge in [-0.2, -0.15) is 0 Å². The van der Waals surface area contributed by atoms with Crippen LogP contribution in [0.15, 0.2) is 46.1 Å². The molecule has 0 saturated heterocycles. The third-order valence-corrected chi connectivity index (χ3v) is 8.33. The second-order valence-electron chi connectivity index (χ2n) is 6.65. The van der Waals surface area contributed by atoms with Crippen molar-refractivity contribution in [3.63, 3.8) is 0 Å². The summed E-state index contributed by atoms with van der Waals surface area (Å²) < 4.78 is 13.6. The van der Waals surface area contributed by atoms with Crippen LogP contribution in [0.2, 0.25) is 0 Å². The molecule has 28 heavy (non-hydrogen) atoms. The Morgan fingerprint density at radius 3 is 2.82 bits per heavy atom. The molecule has 7 heteroatoms. The molecular weight excluding hydrogens is 406 g/mol. The number of rotatable bonds is 6. The zero-order chi connectivity index (χ0) is 19.7. The summed E-state index contributed by atoms with van der Waals surface area (Å²) in [6.45, 7) is 4.18. The third kappa shape index (κ3) is 3.62. The molecule has 4 rings (SSSR count). The molecule has 2 N–H and O–H groups in total. The summed E-state index contributed by atoms with van der Waals surface area (Å²) in [6, 6.07) is 10.4. The van der Waals surface area contributed by atoms with E-state index in [4.69, 9.17) is 10.7 Å². The molecule has 0 radical (unpaired) electrons. The second-order valence-corrected chi connectivity index (χ2v) is 10.3. The first-order chi connectivity index (χ1) is 13.6. The van der Waals surface area contributed by atoms with E-state index in [0.29, 0.717) is 11.4 Å². The maximum Gasteiger partial charge on any atom is 0.141 e. The fourth-order valence-electron chi connectivity index (χ4n) is 3.14. The molecule has 3 heterocycles. The average molecular weight is 428 g/mol. The number of pyridine rings is 1. The Hall–Kier alpha value is -2.09. The van der Waals surface area contributed by atoms with E-state index >= 15 is 0 Å². The number of anilines is 1. The van der Waals surface area contributed by atoms with Gasteiger partial charge >= 0.3 is 0 Å². The van der Waals surface area contributed by atoms with Crippen molar-refractivity contribution in [1.29, 1.82) is 0 Å². The lowest BCUT2D eigenvalue weighted by Crippen LogP contribution is -1.99. The Morgan fingerprint density at radius 1 is 1.25 bits per heavy atom. The highest BCUT2D eigenvalue weighted by molar-refractivity contribution is 7.87. The van der Waals surface area contributed by atoms with Crippen molar-refractivity contribution in [2.24, 2.45) is 0 Å². The number of aryl methyl sites for hydroxylation is 1. The Kier molecular flexibility index (Phi) is 5.57. The van der Waals surface area contributed by atoms with E-state index in [1.54, 1.807) is 17.5 Å². The molecule has 0 aliphatic carbocycles. The van der Waals surface area contributed by atoms with Gasteiger partial charge in [-0.1, -0.05) is 43.2 Å². The van der Waals surface area contributed by atoms with Crippen LogP contribution in [0, 0.1) is 6.92 Å². The fourth-order valence-corrected chi connectivity index (χ4v) is 6.53. The molecule has 0 fully saturated rings. The predicted octanol–water partition coefficient (Wildman–Crippen LogP) is 5.89. The summed E-state index contributed by atoms with van der Waals surface area (Å²) in [5.74, 6) is 0.632. The summed E-state index contributed by atoms with van der Waals surface area (Å²) >= 11 is 3.01. The van der Waals surface area contributed by atoms with Crippen molar-refractivity contribution >= 4 is 49.4 Å². The van der Waals surface area contributed by atoms with Gasteiger partial charge in [0.05, 0.1) is 16.5 Å². The van der Waals surface area contributed by atoms with Crippen LogP contribution in [0.1, 0.15) is 25.3 Å². The number of nitrogens with zero attached hydrogens (tertiary/aromatic N) is 2. The van der Waals surface area contributed by atoms with Gasteiger partial charge in [0, 0.05) is 22.7 Å². The summed E-state index contributed by atoms with van der Waals surface area (Å²) in [6.07, 6.45) is 3.71. The van der Waals surface area contributed by atoms with E-state index in [-0.39, 0.29) is 0 Å². The Bertz CT molecular complexity index is 1150. The van der Waals surface area contributed by atoms with E-state index in [0.717, 1.165) is 49.1 Å². The first-order valence-corrected chi connectivity index (χ1v) is 12.2. The molecule has 0 amide bonds. The van der Waals surface area contributed by atoms with Crippen LogP contribution in [0.3, 0.4) is 0 Å². The predicted molar refractivity (Wildman–Crippen MR) is 121 cm³/mol. The first-order valence-electron chi connectivity index (χ1n) is 9.16. The zero-order valence-electron chi connectivity index (χ0n) is 15.8. The van der Waals surface area contributed by atoms with E-state index in [1.165, 1.54) is 16.9 Å². The lowest BCUT2D eigenvalue weighted by atomic mass is 10.0. The van der Waals surface area contributed by atoms with Gasteiger partial charge in [0.15, 0.2) is 0 Å². The summed E-state index contributed by atoms with van der Waals surface area (Å²) in [5, 5.41) is 3.72. The smallest absolute Gasteiger partial charge is 0.141 e. The minimum absolute atomic E-state index is 0.601. The molecule has 1 aromatic carbocycles. The maximum atomic E-state index is 12.8. The number of benzene rings is 1. The molecule has 1 atom stereocenters. The Morgan fingerprint density at radius 2 is 2.11 bits per heavy atom. The number of nitrogens with two attached hydrogens (primary N) is 1. The highest BCUT2D eigenvalue weighted by Crippen LogP contribution is 2.43. The van der Waals surface area contributed by atoms with E-state index in [9.17, 15) is 4.21 Å². The first kappa shape index (κ1) is 19.2. The minimum Gasteiger partial charge on any atom is -0.396 e. The maximum absolute atomic E-state index is 12.8. The molecule has 4 aromatic rings. The summed E-state index contributed by atoms with van der Waals surface area (Å²) in [5.41, 5.74) is 11.2. The number of thiazole rings is 1. The number of unbranched alkanes of at least 4 members (excludes halogenated alkanes) is 1. The SMILES string of the molecule is CCCCS(=O)c1sc2nc(-c3nccs3)cc(-c3cccc(C)c3)c2c1N. The topological polar surface area (TPSA) is 68.9 Å². The molecule has 3 aromatic heterocycles. The van der Waals surface area contributed by atoms with Gasteiger partial charge in [-0.15, -0.1) is 22.7 Å². The van der Waals surface area contributed by atoms with Crippen LogP contribution in [-0.2, 0) is 10.8 Å². The number of hydrogen-bond donors (Lipinski definition) is 1. The molecule has 0 bridgehead atoms. The second kappa shape index (κ2) is 8.11. The fraction of sp³-hybridized carbons (Fsp3) is 0.238. The van der Waals surface area contributed by atoms with Crippen LogP contribution in [0.25, 0.3) is 32.0 Å². The Labute approximate surface area is 174 Å². The number of nitrogen functional groups attached to an aromatic ring is 1. The molecular formula is C21H21N3OS3. The normalized spacial score (nSPS) is 12.5. The van der Waals surface area contributed by atoms with Crippen molar-refractivity contribution in [2.75, 3.05) is 11.5 Å². The van der Waals surface area contributed by atoms with Gasteiger partial charge in [-0.05, 0) is 30.5 Å². The van der Waals surface area contributed by atoms with Crippen molar-refractivity contribution in [3.8, 4) is 21.8 Å². The molecule has 0 aliphatic rings. The van der Waals surface area contributed by atoms with Crippen LogP contribution in [0.4, 0.5) is 5.69 Å². The van der Waals surface area contributed by atoms with Crippen molar-refractivity contribution < 1.29 is 4.21 Å². The number of thiophene rings is 1. The highest BCUT2D eigenvalue weighted by atomic mass is 32.2. The van der Waals surface area contributed by atoms with Crippen molar-refractivity contribution in [2.45, 2.75) is 30.9 Å². The van der Waals surface area contributed by atoms with Crippen LogP contribution < -0.4 is 5.73 Å². The summed E-state index contributed by atoms with van der Waals surface area (Å²) in [7, 11) is -1.10. The zero-order valence-corrected chi connectivity index (χ0v) is 18.2. The van der Waals surface area contributed by atoms with E-state index in [1.807, 2.05) is 11.4 Å². The minimum atomic E-state index is -1.10. The van der Waals surface area contributed by atoms with Crippen LogP contribution in [0.5, 0.6) is 0 Å². The summed E-state index contributed by atoms with van der Waals surface area (Å²) in [4.78, 5) is 10.1. The monoisotopic (exact) mass is 427 g/mol. The lowest BCUT2D eigenvalue weighted by molar-refractivity contribution is 0.681. The van der Waals surface area contributed by atoms with Gasteiger partial charge in [0.2, 0.25) is 0 Å². The van der Waals surface area contributed by atoms with Gasteiger partial charge in [0.25, 0.3) is 0 Å². The molecule has 4 nitrogen and oxygen atoms in total. The highest BCUT2D eigenvalue weighted by Gasteiger charge is 2.21. The quantitative estimate of drug-likeness (QED) is 0.417. The lowest BCUT2D eigenvalue weighted by Gasteiger charge is -2.08. The van der Waals surface area contributed by atoms with Gasteiger partial charge in [0.1, 0.15) is 19.7 Å².